The SMILES string of the molecule is C[C@H](COCc1ccccc1)C(=O)N1CCC[C@H]1[C@@H]1CCCN1C. The normalized spacial score (nSPS) is 26.0. The van der Waals surface area contributed by atoms with E-state index in [4.69, 9.17) is 4.74 Å². The highest BCUT2D eigenvalue weighted by atomic mass is 16.5. The van der Waals surface area contributed by atoms with Gasteiger partial charge in [0, 0.05) is 18.6 Å². The molecule has 0 aromatic heterocycles. The van der Waals surface area contributed by atoms with Crippen molar-refractivity contribution in [2.45, 2.75) is 51.3 Å². The van der Waals surface area contributed by atoms with E-state index in [1.54, 1.807) is 0 Å². The second kappa shape index (κ2) is 8.13. The minimum atomic E-state index is -0.0685. The van der Waals surface area contributed by atoms with Crippen LogP contribution in [-0.2, 0) is 16.1 Å². The molecule has 132 valence electrons. The summed E-state index contributed by atoms with van der Waals surface area (Å²) in [6, 6.07) is 11.1. The van der Waals surface area contributed by atoms with Crippen LogP contribution in [0.15, 0.2) is 30.3 Å². The van der Waals surface area contributed by atoms with E-state index in [2.05, 4.69) is 29.0 Å². The zero-order chi connectivity index (χ0) is 16.9. The van der Waals surface area contributed by atoms with Crippen LogP contribution in [0.4, 0.5) is 0 Å². The predicted molar refractivity (Wildman–Crippen MR) is 95.6 cm³/mol. The Morgan fingerprint density at radius 3 is 2.58 bits per heavy atom. The summed E-state index contributed by atoms with van der Waals surface area (Å²) >= 11 is 0. The average molecular weight is 330 g/mol. The molecule has 0 bridgehead atoms. The van der Waals surface area contributed by atoms with Crippen molar-refractivity contribution < 1.29 is 9.53 Å². The minimum Gasteiger partial charge on any atom is -0.376 e. The van der Waals surface area contributed by atoms with E-state index in [1.165, 1.54) is 19.4 Å². The van der Waals surface area contributed by atoms with Gasteiger partial charge in [0.1, 0.15) is 0 Å². The number of amides is 1. The molecule has 2 heterocycles. The zero-order valence-corrected chi connectivity index (χ0v) is 15.0. The van der Waals surface area contributed by atoms with E-state index < -0.39 is 0 Å². The Hall–Kier alpha value is -1.39. The van der Waals surface area contributed by atoms with Gasteiger partial charge < -0.3 is 14.5 Å². The molecule has 1 aromatic carbocycles. The Labute approximate surface area is 145 Å². The molecule has 0 radical (unpaired) electrons. The topological polar surface area (TPSA) is 32.8 Å². The highest BCUT2D eigenvalue weighted by molar-refractivity contribution is 5.79. The number of carbonyl (C=O) groups is 1. The van der Waals surface area contributed by atoms with Crippen molar-refractivity contribution in [2.75, 3.05) is 26.7 Å². The molecule has 3 rings (SSSR count). The molecule has 1 aromatic rings. The first-order valence-corrected chi connectivity index (χ1v) is 9.29. The molecular weight excluding hydrogens is 300 g/mol. The van der Waals surface area contributed by atoms with Crippen LogP contribution >= 0.6 is 0 Å². The fourth-order valence-electron chi connectivity index (χ4n) is 4.17. The van der Waals surface area contributed by atoms with Gasteiger partial charge in [-0.15, -0.1) is 0 Å². The molecular formula is C20H30N2O2. The molecule has 2 aliphatic rings. The van der Waals surface area contributed by atoms with E-state index >= 15 is 0 Å². The average Bonchev–Trinajstić information content (AvgIpc) is 3.23. The third-order valence-electron chi connectivity index (χ3n) is 5.50. The van der Waals surface area contributed by atoms with Crippen LogP contribution < -0.4 is 0 Å². The standard InChI is InChI=1S/C20H30N2O2/c1-16(14-24-15-17-8-4-3-5-9-17)20(23)22-13-7-11-19(22)18-10-6-12-21(18)2/h3-5,8-9,16,18-19H,6-7,10-15H2,1-2H3/t16-,18+,19+/m1/s1. The third kappa shape index (κ3) is 3.98. The summed E-state index contributed by atoms with van der Waals surface area (Å²) in [5, 5.41) is 0. The van der Waals surface area contributed by atoms with Crippen LogP contribution in [0, 0.1) is 5.92 Å². The van der Waals surface area contributed by atoms with Gasteiger partial charge in [0.25, 0.3) is 0 Å². The van der Waals surface area contributed by atoms with E-state index in [0.29, 0.717) is 25.3 Å². The van der Waals surface area contributed by atoms with Crippen LogP contribution in [0.1, 0.15) is 38.2 Å². The largest absolute Gasteiger partial charge is 0.376 e. The van der Waals surface area contributed by atoms with Gasteiger partial charge in [-0.05, 0) is 44.8 Å². The maximum Gasteiger partial charge on any atom is 0.228 e. The predicted octanol–water partition coefficient (Wildman–Crippen LogP) is 2.92. The molecule has 0 saturated carbocycles. The maximum atomic E-state index is 12.9. The first-order valence-electron chi connectivity index (χ1n) is 9.29. The Bertz CT molecular complexity index is 534. The third-order valence-corrected chi connectivity index (χ3v) is 5.50. The number of ether oxygens (including phenoxy) is 1. The molecule has 3 atom stereocenters. The quantitative estimate of drug-likeness (QED) is 0.804. The first-order chi connectivity index (χ1) is 11.7. The smallest absolute Gasteiger partial charge is 0.228 e. The molecule has 4 heteroatoms. The highest BCUT2D eigenvalue weighted by Crippen LogP contribution is 2.30. The lowest BCUT2D eigenvalue weighted by molar-refractivity contribution is -0.139. The number of nitrogens with zero attached hydrogens (tertiary/aromatic N) is 2. The lowest BCUT2D eigenvalue weighted by Crippen LogP contribution is -2.49. The number of hydrogen-bond donors (Lipinski definition) is 0. The van der Waals surface area contributed by atoms with Gasteiger partial charge in [-0.25, -0.2) is 0 Å². The fourth-order valence-corrected chi connectivity index (χ4v) is 4.17. The van der Waals surface area contributed by atoms with Crippen molar-refractivity contribution in [1.82, 2.24) is 9.80 Å². The van der Waals surface area contributed by atoms with Gasteiger partial charge in [0.05, 0.1) is 19.1 Å². The number of likely N-dealkylation sites (N-methyl/N-ethyl adjacent to an activating group) is 1. The molecule has 4 nitrogen and oxygen atoms in total. The first kappa shape index (κ1) is 17.4. The summed E-state index contributed by atoms with van der Waals surface area (Å²) < 4.78 is 5.79. The number of rotatable bonds is 6. The molecule has 0 spiro atoms. The lowest BCUT2D eigenvalue weighted by Gasteiger charge is -2.34. The summed E-state index contributed by atoms with van der Waals surface area (Å²) in [5.41, 5.74) is 1.16. The second-order valence-corrected chi connectivity index (χ2v) is 7.33. The molecule has 24 heavy (non-hydrogen) atoms. The Kier molecular flexibility index (Phi) is 5.90. The van der Waals surface area contributed by atoms with Crippen LogP contribution in [0.3, 0.4) is 0 Å². The van der Waals surface area contributed by atoms with Gasteiger partial charge in [-0.2, -0.15) is 0 Å². The van der Waals surface area contributed by atoms with Crippen molar-refractivity contribution in [2.24, 2.45) is 5.92 Å². The van der Waals surface area contributed by atoms with Gasteiger partial charge >= 0.3 is 0 Å². The number of likely N-dealkylation sites (tertiary alicyclic amines) is 2. The monoisotopic (exact) mass is 330 g/mol. The van der Waals surface area contributed by atoms with Gasteiger partial charge in [-0.3, -0.25) is 4.79 Å². The Morgan fingerprint density at radius 2 is 1.88 bits per heavy atom. The minimum absolute atomic E-state index is 0.0685. The zero-order valence-electron chi connectivity index (χ0n) is 15.0. The Morgan fingerprint density at radius 1 is 1.17 bits per heavy atom. The molecule has 2 fully saturated rings. The number of carbonyl (C=O) groups excluding carboxylic acids is 1. The van der Waals surface area contributed by atoms with E-state index in [0.717, 1.165) is 24.9 Å². The summed E-state index contributed by atoms with van der Waals surface area (Å²) in [6.07, 6.45) is 4.77. The van der Waals surface area contributed by atoms with Gasteiger partial charge in [0.15, 0.2) is 0 Å². The van der Waals surface area contributed by atoms with Crippen LogP contribution in [0.5, 0.6) is 0 Å². The van der Waals surface area contributed by atoms with Crippen molar-refractivity contribution >= 4 is 5.91 Å². The lowest BCUT2D eigenvalue weighted by atomic mass is 10.0. The van der Waals surface area contributed by atoms with Crippen molar-refractivity contribution in [3.05, 3.63) is 35.9 Å². The molecule has 0 aliphatic carbocycles. The molecule has 1 amide bonds. The second-order valence-electron chi connectivity index (χ2n) is 7.33. The Balaban J connectivity index is 1.50. The summed E-state index contributed by atoms with van der Waals surface area (Å²) in [4.78, 5) is 17.5. The summed E-state index contributed by atoms with van der Waals surface area (Å²) in [6.45, 7) is 5.15. The molecule has 2 aliphatic heterocycles. The summed E-state index contributed by atoms with van der Waals surface area (Å²) in [7, 11) is 2.20. The molecule has 0 N–H and O–H groups in total. The van der Waals surface area contributed by atoms with Crippen molar-refractivity contribution in [1.29, 1.82) is 0 Å². The van der Waals surface area contributed by atoms with Crippen LogP contribution in [0.25, 0.3) is 0 Å². The van der Waals surface area contributed by atoms with E-state index in [1.807, 2.05) is 25.1 Å². The maximum absolute atomic E-state index is 12.9. The fraction of sp³-hybridized carbons (Fsp3) is 0.650. The van der Waals surface area contributed by atoms with Crippen molar-refractivity contribution in [3.63, 3.8) is 0 Å². The summed E-state index contributed by atoms with van der Waals surface area (Å²) in [5.74, 6) is 0.201. The number of hydrogen-bond acceptors (Lipinski definition) is 3. The number of benzene rings is 1. The highest BCUT2D eigenvalue weighted by Gasteiger charge is 2.39. The van der Waals surface area contributed by atoms with Crippen LogP contribution in [0.2, 0.25) is 0 Å². The molecule has 2 saturated heterocycles. The van der Waals surface area contributed by atoms with Gasteiger partial charge in [0.2, 0.25) is 5.91 Å². The van der Waals surface area contributed by atoms with Crippen molar-refractivity contribution in [3.8, 4) is 0 Å². The van der Waals surface area contributed by atoms with E-state index in [9.17, 15) is 4.79 Å². The molecule has 0 unspecified atom stereocenters. The van der Waals surface area contributed by atoms with Gasteiger partial charge in [-0.1, -0.05) is 37.3 Å². The van der Waals surface area contributed by atoms with E-state index in [-0.39, 0.29) is 11.8 Å². The van der Waals surface area contributed by atoms with Crippen LogP contribution in [-0.4, -0.2) is 54.5 Å².